The fourth-order valence-electron chi connectivity index (χ4n) is 2.07. The van der Waals surface area contributed by atoms with Crippen LogP contribution >= 0.6 is 0 Å². The van der Waals surface area contributed by atoms with Crippen molar-refractivity contribution in [2.24, 2.45) is 5.92 Å². The zero-order chi connectivity index (χ0) is 14.8. The number of carbonyl (C=O) groups excluding carboxylic acids is 1. The van der Waals surface area contributed by atoms with Gasteiger partial charge in [0.15, 0.2) is 0 Å². The number of aromatic nitrogens is 1. The predicted octanol–water partition coefficient (Wildman–Crippen LogP) is 4.06. The van der Waals surface area contributed by atoms with Crippen LogP contribution in [0.4, 0.5) is 11.5 Å². The molecular weight excluding hydrogens is 250 g/mol. The summed E-state index contributed by atoms with van der Waals surface area (Å²) in [4.78, 5) is 16.3. The number of rotatable bonds is 9. The lowest BCUT2D eigenvalue weighted by Gasteiger charge is -2.13. The van der Waals surface area contributed by atoms with E-state index in [9.17, 15) is 4.79 Å². The topological polar surface area (TPSA) is 54.0 Å². The van der Waals surface area contributed by atoms with Crippen molar-refractivity contribution in [3.8, 4) is 0 Å². The molecule has 0 aromatic carbocycles. The largest absolute Gasteiger partial charge is 0.370 e. The number of hydrogen-bond acceptors (Lipinski definition) is 3. The Hall–Kier alpha value is -1.58. The van der Waals surface area contributed by atoms with Crippen LogP contribution in [0.2, 0.25) is 0 Å². The van der Waals surface area contributed by atoms with Gasteiger partial charge in [-0.3, -0.25) is 4.79 Å². The van der Waals surface area contributed by atoms with Crippen LogP contribution in [-0.2, 0) is 4.79 Å². The molecule has 0 unspecified atom stereocenters. The van der Waals surface area contributed by atoms with Gasteiger partial charge in [0, 0.05) is 12.5 Å². The molecule has 1 amide bonds. The van der Waals surface area contributed by atoms with Crippen LogP contribution in [-0.4, -0.2) is 17.4 Å². The highest BCUT2D eigenvalue weighted by molar-refractivity contribution is 5.92. The van der Waals surface area contributed by atoms with Crippen LogP contribution in [0.15, 0.2) is 18.3 Å². The Kier molecular flexibility index (Phi) is 7.70. The minimum atomic E-state index is 0.0838. The molecule has 2 N–H and O–H groups in total. The number of unbranched alkanes of at least 4 members (excludes halogenated alkanes) is 2. The summed E-state index contributed by atoms with van der Waals surface area (Å²) in [7, 11) is 0. The lowest BCUT2D eigenvalue weighted by molar-refractivity contribution is -0.120. The van der Waals surface area contributed by atoms with Gasteiger partial charge in [0.2, 0.25) is 5.91 Å². The van der Waals surface area contributed by atoms with E-state index in [1.165, 1.54) is 12.8 Å². The molecule has 1 aromatic rings. The number of hydrogen-bond donors (Lipinski definition) is 2. The summed E-state index contributed by atoms with van der Waals surface area (Å²) < 4.78 is 0. The zero-order valence-corrected chi connectivity index (χ0v) is 12.9. The second-order valence-corrected chi connectivity index (χ2v) is 5.07. The number of anilines is 2. The van der Waals surface area contributed by atoms with Crippen LogP contribution in [0.25, 0.3) is 0 Å². The highest BCUT2D eigenvalue weighted by Gasteiger charge is 2.13. The van der Waals surface area contributed by atoms with Crippen LogP contribution in [0.1, 0.15) is 52.9 Å². The average Bonchev–Trinajstić information content (AvgIpc) is 2.46. The molecule has 0 fully saturated rings. The van der Waals surface area contributed by atoms with E-state index in [1.54, 1.807) is 6.20 Å². The van der Waals surface area contributed by atoms with Crippen molar-refractivity contribution >= 4 is 17.4 Å². The third-order valence-corrected chi connectivity index (χ3v) is 3.47. The number of nitrogens with one attached hydrogen (secondary N) is 2. The van der Waals surface area contributed by atoms with Crippen molar-refractivity contribution in [1.29, 1.82) is 0 Å². The number of amides is 1. The quantitative estimate of drug-likeness (QED) is 0.669. The molecule has 0 saturated carbocycles. The Bertz CT molecular complexity index is 385. The predicted molar refractivity (Wildman–Crippen MR) is 85.0 cm³/mol. The van der Waals surface area contributed by atoms with Crippen LogP contribution < -0.4 is 10.6 Å². The van der Waals surface area contributed by atoms with Crippen molar-refractivity contribution < 1.29 is 4.79 Å². The Morgan fingerprint density at radius 1 is 1.20 bits per heavy atom. The molecule has 0 atom stereocenters. The normalized spacial score (nSPS) is 10.6. The molecule has 1 aromatic heterocycles. The van der Waals surface area contributed by atoms with Crippen molar-refractivity contribution in [2.75, 3.05) is 17.2 Å². The van der Waals surface area contributed by atoms with Crippen LogP contribution in [0.3, 0.4) is 0 Å². The first-order valence-corrected chi connectivity index (χ1v) is 7.72. The minimum Gasteiger partial charge on any atom is -0.370 e. The molecule has 4 heteroatoms. The maximum absolute atomic E-state index is 11.9. The molecule has 0 saturated heterocycles. The van der Waals surface area contributed by atoms with E-state index in [4.69, 9.17) is 0 Å². The Morgan fingerprint density at radius 2 is 1.95 bits per heavy atom. The van der Waals surface area contributed by atoms with Gasteiger partial charge >= 0.3 is 0 Å². The van der Waals surface area contributed by atoms with E-state index < -0.39 is 0 Å². The van der Waals surface area contributed by atoms with Crippen LogP contribution in [0.5, 0.6) is 0 Å². The minimum absolute atomic E-state index is 0.0838. The molecule has 4 nitrogen and oxygen atoms in total. The standard InChI is InChI=1S/C16H27N3O/c1-4-7-8-11-17-15-10-9-14(12-18-15)19-16(20)13(5-2)6-3/h9-10,12-13H,4-8,11H2,1-3H3,(H,17,18)(H,19,20). The Morgan fingerprint density at radius 3 is 2.50 bits per heavy atom. The zero-order valence-electron chi connectivity index (χ0n) is 12.9. The van der Waals surface area contributed by atoms with Crippen molar-refractivity contribution in [1.82, 2.24) is 4.98 Å². The molecule has 20 heavy (non-hydrogen) atoms. The van der Waals surface area contributed by atoms with Crippen molar-refractivity contribution in [2.45, 2.75) is 52.9 Å². The molecule has 0 spiro atoms. The van der Waals surface area contributed by atoms with Gasteiger partial charge in [0.25, 0.3) is 0 Å². The van der Waals surface area contributed by atoms with E-state index in [-0.39, 0.29) is 11.8 Å². The van der Waals surface area contributed by atoms with Gasteiger partial charge < -0.3 is 10.6 Å². The van der Waals surface area contributed by atoms with Gasteiger partial charge in [-0.1, -0.05) is 33.6 Å². The Labute approximate surface area is 122 Å². The number of pyridine rings is 1. The van der Waals surface area contributed by atoms with Gasteiger partial charge in [-0.05, 0) is 31.4 Å². The van der Waals surface area contributed by atoms with E-state index in [2.05, 4.69) is 22.5 Å². The van der Waals surface area contributed by atoms with E-state index in [0.717, 1.165) is 37.3 Å². The molecule has 0 bridgehead atoms. The van der Waals surface area contributed by atoms with Crippen molar-refractivity contribution in [3.05, 3.63) is 18.3 Å². The summed E-state index contributed by atoms with van der Waals surface area (Å²) in [6, 6.07) is 3.81. The number of carbonyl (C=O) groups is 1. The fourth-order valence-corrected chi connectivity index (χ4v) is 2.07. The smallest absolute Gasteiger partial charge is 0.227 e. The van der Waals surface area contributed by atoms with Gasteiger partial charge in [-0.2, -0.15) is 0 Å². The summed E-state index contributed by atoms with van der Waals surface area (Å²) >= 11 is 0. The molecule has 0 aliphatic carbocycles. The van der Waals surface area contributed by atoms with Gasteiger partial charge in [0.05, 0.1) is 11.9 Å². The fraction of sp³-hybridized carbons (Fsp3) is 0.625. The highest BCUT2D eigenvalue weighted by Crippen LogP contribution is 2.14. The molecule has 1 heterocycles. The van der Waals surface area contributed by atoms with Gasteiger partial charge in [-0.25, -0.2) is 4.98 Å². The second kappa shape index (κ2) is 9.34. The first-order valence-electron chi connectivity index (χ1n) is 7.72. The molecule has 0 aliphatic heterocycles. The SMILES string of the molecule is CCCCCNc1ccc(NC(=O)C(CC)CC)cn1. The molecule has 112 valence electrons. The van der Waals surface area contributed by atoms with Crippen molar-refractivity contribution in [3.63, 3.8) is 0 Å². The molecular formula is C16H27N3O. The lowest BCUT2D eigenvalue weighted by Crippen LogP contribution is -2.21. The van der Waals surface area contributed by atoms with E-state index in [0.29, 0.717) is 0 Å². The van der Waals surface area contributed by atoms with Gasteiger partial charge in [0.1, 0.15) is 5.82 Å². The first kappa shape index (κ1) is 16.5. The summed E-state index contributed by atoms with van der Waals surface area (Å²) in [5, 5.41) is 6.20. The Balaban J connectivity index is 2.44. The first-order chi connectivity index (χ1) is 9.71. The third kappa shape index (κ3) is 5.59. The monoisotopic (exact) mass is 277 g/mol. The van der Waals surface area contributed by atoms with Crippen LogP contribution in [0, 0.1) is 5.92 Å². The molecule has 0 radical (unpaired) electrons. The summed E-state index contributed by atoms with van der Waals surface area (Å²) in [5.41, 5.74) is 0.765. The maximum atomic E-state index is 11.9. The summed E-state index contributed by atoms with van der Waals surface area (Å²) in [6.07, 6.45) is 7.06. The summed E-state index contributed by atoms with van der Waals surface area (Å²) in [6.45, 7) is 7.21. The summed E-state index contributed by atoms with van der Waals surface area (Å²) in [5.74, 6) is 1.03. The maximum Gasteiger partial charge on any atom is 0.227 e. The third-order valence-electron chi connectivity index (χ3n) is 3.47. The highest BCUT2D eigenvalue weighted by atomic mass is 16.1. The molecule has 1 rings (SSSR count). The molecule has 0 aliphatic rings. The second-order valence-electron chi connectivity index (χ2n) is 5.07. The average molecular weight is 277 g/mol. The number of nitrogens with zero attached hydrogens (tertiary/aromatic N) is 1. The van der Waals surface area contributed by atoms with E-state index in [1.807, 2.05) is 26.0 Å². The van der Waals surface area contributed by atoms with E-state index >= 15 is 0 Å². The van der Waals surface area contributed by atoms with Gasteiger partial charge in [-0.15, -0.1) is 0 Å². The lowest BCUT2D eigenvalue weighted by atomic mass is 10.0.